The molecule has 124 valence electrons. The SMILES string of the molecule is CCCOc1ccc(C(Nc2ccc(F)cc2)P(=O)(O)O)cc1. The van der Waals surface area contributed by atoms with E-state index in [1.54, 1.807) is 24.3 Å². The molecule has 0 aromatic heterocycles. The van der Waals surface area contributed by atoms with Gasteiger partial charge in [0.1, 0.15) is 11.6 Å². The van der Waals surface area contributed by atoms with E-state index in [9.17, 15) is 18.7 Å². The predicted octanol–water partition coefficient (Wildman–Crippen LogP) is 3.90. The molecule has 23 heavy (non-hydrogen) atoms. The summed E-state index contributed by atoms with van der Waals surface area (Å²) in [6, 6.07) is 11.8. The van der Waals surface area contributed by atoms with Gasteiger partial charge in [-0.2, -0.15) is 0 Å². The summed E-state index contributed by atoms with van der Waals surface area (Å²) in [7, 11) is -4.46. The molecule has 0 spiro atoms. The zero-order valence-electron chi connectivity index (χ0n) is 12.6. The molecule has 0 heterocycles. The number of benzene rings is 2. The lowest BCUT2D eigenvalue weighted by Gasteiger charge is -2.21. The van der Waals surface area contributed by atoms with Crippen LogP contribution in [0.5, 0.6) is 5.75 Å². The largest absolute Gasteiger partial charge is 0.494 e. The Bertz CT molecular complexity index is 669. The first-order valence-electron chi connectivity index (χ1n) is 7.20. The minimum absolute atomic E-state index is 0.416. The van der Waals surface area contributed by atoms with Crippen LogP contribution < -0.4 is 10.1 Å². The molecule has 0 aliphatic rings. The minimum atomic E-state index is -4.46. The molecule has 0 fully saturated rings. The maximum atomic E-state index is 12.9. The van der Waals surface area contributed by atoms with E-state index in [-0.39, 0.29) is 0 Å². The third-order valence-electron chi connectivity index (χ3n) is 3.15. The molecule has 0 bridgehead atoms. The Morgan fingerprint density at radius 2 is 1.74 bits per heavy atom. The lowest BCUT2D eigenvalue weighted by atomic mass is 10.2. The Kier molecular flexibility index (Phi) is 5.77. The molecule has 0 radical (unpaired) electrons. The predicted molar refractivity (Wildman–Crippen MR) is 87.0 cm³/mol. The molecule has 1 unspecified atom stereocenters. The highest BCUT2D eigenvalue weighted by atomic mass is 31.2. The second kappa shape index (κ2) is 7.59. The van der Waals surface area contributed by atoms with Crippen molar-refractivity contribution in [2.45, 2.75) is 19.1 Å². The Morgan fingerprint density at radius 1 is 1.13 bits per heavy atom. The number of nitrogens with one attached hydrogen (secondary N) is 1. The van der Waals surface area contributed by atoms with Gasteiger partial charge in [-0.25, -0.2) is 4.39 Å². The smallest absolute Gasteiger partial charge is 0.352 e. The molecule has 3 N–H and O–H groups in total. The van der Waals surface area contributed by atoms with Crippen LogP contribution in [-0.2, 0) is 4.57 Å². The molecule has 2 aromatic carbocycles. The number of halogens is 1. The van der Waals surface area contributed by atoms with Crippen molar-refractivity contribution in [2.24, 2.45) is 0 Å². The Morgan fingerprint density at radius 3 is 2.26 bits per heavy atom. The van der Waals surface area contributed by atoms with Crippen LogP contribution in [0.2, 0.25) is 0 Å². The van der Waals surface area contributed by atoms with Crippen LogP contribution >= 0.6 is 7.60 Å². The van der Waals surface area contributed by atoms with E-state index in [0.717, 1.165) is 6.42 Å². The van der Waals surface area contributed by atoms with Crippen LogP contribution in [0.1, 0.15) is 24.7 Å². The second-order valence-electron chi connectivity index (χ2n) is 5.06. The van der Waals surface area contributed by atoms with Crippen LogP contribution in [0.3, 0.4) is 0 Å². The maximum absolute atomic E-state index is 12.9. The van der Waals surface area contributed by atoms with Crippen LogP contribution in [0.15, 0.2) is 48.5 Å². The minimum Gasteiger partial charge on any atom is -0.494 e. The van der Waals surface area contributed by atoms with Crippen LogP contribution in [0, 0.1) is 5.82 Å². The van der Waals surface area contributed by atoms with Gasteiger partial charge in [0.15, 0.2) is 5.78 Å². The van der Waals surface area contributed by atoms with E-state index in [1.165, 1.54) is 24.3 Å². The van der Waals surface area contributed by atoms with Gasteiger partial charge in [-0.15, -0.1) is 0 Å². The van der Waals surface area contributed by atoms with Gasteiger partial charge in [-0.1, -0.05) is 19.1 Å². The van der Waals surface area contributed by atoms with Crippen molar-refractivity contribution in [1.82, 2.24) is 0 Å². The first-order valence-corrected chi connectivity index (χ1v) is 8.88. The van der Waals surface area contributed by atoms with Crippen LogP contribution in [0.25, 0.3) is 0 Å². The molecule has 2 rings (SSSR count). The summed E-state index contributed by atoms with van der Waals surface area (Å²) in [6.45, 7) is 2.57. The molecule has 5 nitrogen and oxygen atoms in total. The van der Waals surface area contributed by atoms with Gasteiger partial charge in [0, 0.05) is 5.69 Å². The second-order valence-corrected chi connectivity index (χ2v) is 6.75. The lowest BCUT2D eigenvalue weighted by molar-refractivity contribution is 0.317. The monoisotopic (exact) mass is 339 g/mol. The third kappa shape index (κ3) is 5.06. The number of hydrogen-bond donors (Lipinski definition) is 3. The summed E-state index contributed by atoms with van der Waals surface area (Å²) in [6.07, 6.45) is 0.874. The van der Waals surface area contributed by atoms with E-state index in [4.69, 9.17) is 4.74 Å². The molecule has 0 aliphatic heterocycles. The van der Waals surface area contributed by atoms with Gasteiger partial charge in [-0.3, -0.25) is 4.57 Å². The zero-order valence-corrected chi connectivity index (χ0v) is 13.5. The van der Waals surface area contributed by atoms with Crippen LogP contribution in [-0.4, -0.2) is 16.4 Å². The van der Waals surface area contributed by atoms with Crippen molar-refractivity contribution in [3.05, 3.63) is 59.9 Å². The van der Waals surface area contributed by atoms with Gasteiger partial charge in [0.25, 0.3) is 0 Å². The van der Waals surface area contributed by atoms with Gasteiger partial charge in [0.05, 0.1) is 6.61 Å². The van der Waals surface area contributed by atoms with Crippen molar-refractivity contribution < 1.29 is 23.5 Å². The molecule has 0 aliphatic carbocycles. The van der Waals surface area contributed by atoms with Crippen molar-refractivity contribution in [1.29, 1.82) is 0 Å². The molecule has 7 heteroatoms. The summed E-state index contributed by atoms with van der Waals surface area (Å²) in [4.78, 5) is 19.2. The van der Waals surface area contributed by atoms with E-state index < -0.39 is 19.2 Å². The Hall–Kier alpha value is -1.88. The third-order valence-corrected chi connectivity index (χ3v) is 4.25. The Labute approximate surface area is 134 Å². The molecule has 0 saturated heterocycles. The fourth-order valence-electron chi connectivity index (χ4n) is 2.03. The molecular weight excluding hydrogens is 320 g/mol. The lowest BCUT2D eigenvalue weighted by Crippen LogP contribution is -2.11. The highest BCUT2D eigenvalue weighted by molar-refractivity contribution is 7.52. The summed E-state index contributed by atoms with van der Waals surface area (Å²) < 4.78 is 30.2. The van der Waals surface area contributed by atoms with E-state index >= 15 is 0 Å². The first kappa shape index (κ1) is 17.5. The molecule has 2 aromatic rings. The fourth-order valence-corrected chi connectivity index (χ4v) is 2.91. The average Bonchev–Trinajstić information content (AvgIpc) is 2.52. The maximum Gasteiger partial charge on any atom is 0.352 e. The zero-order chi connectivity index (χ0) is 16.9. The highest BCUT2D eigenvalue weighted by Gasteiger charge is 2.30. The number of rotatable bonds is 7. The van der Waals surface area contributed by atoms with E-state index in [1.807, 2.05) is 6.92 Å². The topological polar surface area (TPSA) is 78.8 Å². The molecule has 0 saturated carbocycles. The summed E-state index contributed by atoms with van der Waals surface area (Å²) in [5.41, 5.74) is 0.845. The standard InChI is InChI=1S/C16H19FNO4P/c1-2-11-22-15-9-3-12(4-10-15)16(23(19,20)21)18-14-7-5-13(17)6-8-14/h3-10,16,18H,2,11H2,1H3,(H2,19,20,21). The van der Waals surface area contributed by atoms with Gasteiger partial charge in [-0.05, 0) is 48.4 Å². The average molecular weight is 339 g/mol. The fraction of sp³-hybridized carbons (Fsp3) is 0.250. The molecular formula is C16H19FNO4P. The van der Waals surface area contributed by atoms with Crippen LogP contribution in [0.4, 0.5) is 10.1 Å². The number of hydrogen-bond acceptors (Lipinski definition) is 3. The normalized spacial score (nSPS) is 12.7. The molecule has 1 atom stereocenters. The van der Waals surface area contributed by atoms with E-state index in [2.05, 4.69) is 5.32 Å². The Balaban J connectivity index is 2.21. The summed E-state index contributed by atoms with van der Waals surface area (Å²) in [5.74, 6) is -0.990. The van der Waals surface area contributed by atoms with Crippen molar-refractivity contribution >= 4 is 13.3 Å². The molecule has 0 amide bonds. The van der Waals surface area contributed by atoms with Gasteiger partial charge >= 0.3 is 7.60 Å². The quantitative estimate of drug-likeness (QED) is 0.667. The van der Waals surface area contributed by atoms with E-state index in [0.29, 0.717) is 23.6 Å². The van der Waals surface area contributed by atoms with Gasteiger partial charge in [0.2, 0.25) is 0 Å². The van der Waals surface area contributed by atoms with Gasteiger partial charge < -0.3 is 19.8 Å². The van der Waals surface area contributed by atoms with Crippen molar-refractivity contribution in [3.63, 3.8) is 0 Å². The van der Waals surface area contributed by atoms with Crippen molar-refractivity contribution in [2.75, 3.05) is 11.9 Å². The summed E-state index contributed by atoms with van der Waals surface area (Å²) >= 11 is 0. The summed E-state index contributed by atoms with van der Waals surface area (Å²) in [5, 5.41) is 2.75. The first-order chi connectivity index (χ1) is 10.9. The number of ether oxygens (including phenoxy) is 1. The number of anilines is 1. The highest BCUT2D eigenvalue weighted by Crippen LogP contribution is 2.51. The van der Waals surface area contributed by atoms with Crippen molar-refractivity contribution in [3.8, 4) is 5.75 Å².